The van der Waals surface area contributed by atoms with Gasteiger partial charge in [-0.25, -0.2) is 0 Å². The maximum Gasteiger partial charge on any atom is 0.139 e. The third-order valence-electron chi connectivity index (χ3n) is 2.38. The summed E-state index contributed by atoms with van der Waals surface area (Å²) in [6, 6.07) is 0. The average molecular weight is 152 g/mol. The molecular weight excluding hydrogens is 136 g/mol. The van der Waals surface area contributed by atoms with Crippen molar-refractivity contribution in [2.45, 2.75) is 39.5 Å². The fourth-order valence-electron chi connectivity index (χ4n) is 1.25. The Balaban J connectivity index is 2.41. The van der Waals surface area contributed by atoms with Crippen LogP contribution in [0.15, 0.2) is 12.2 Å². The molecule has 62 valence electrons. The summed E-state index contributed by atoms with van der Waals surface area (Å²) in [5.74, 6) is 0.338. The van der Waals surface area contributed by atoms with E-state index in [0.717, 1.165) is 19.3 Å². The van der Waals surface area contributed by atoms with Crippen molar-refractivity contribution in [2.75, 3.05) is 0 Å². The van der Waals surface area contributed by atoms with Crippen molar-refractivity contribution in [3.05, 3.63) is 12.2 Å². The molecular formula is C10H16O. The molecule has 1 nitrogen and oxygen atoms in total. The number of unbranched alkanes of at least 4 members (excludes halogenated alkanes) is 1. The van der Waals surface area contributed by atoms with Crippen molar-refractivity contribution in [1.29, 1.82) is 0 Å². The van der Waals surface area contributed by atoms with E-state index < -0.39 is 0 Å². The highest BCUT2D eigenvalue weighted by Crippen LogP contribution is 2.47. The second-order valence-corrected chi connectivity index (χ2v) is 3.40. The van der Waals surface area contributed by atoms with Crippen LogP contribution >= 0.6 is 0 Å². The van der Waals surface area contributed by atoms with Crippen LogP contribution in [0.3, 0.4) is 0 Å². The van der Waals surface area contributed by atoms with Crippen LogP contribution in [-0.2, 0) is 4.79 Å². The molecule has 1 fully saturated rings. The summed E-state index contributed by atoms with van der Waals surface area (Å²) in [5, 5.41) is 0. The molecule has 0 amide bonds. The number of ketones is 1. The molecule has 1 saturated carbocycles. The Morgan fingerprint density at radius 2 is 2.18 bits per heavy atom. The molecule has 0 spiro atoms. The first-order valence-corrected chi connectivity index (χ1v) is 4.40. The number of carbonyl (C=O) groups excluding carboxylic acids is 1. The number of allylic oxidation sites excluding steroid dienone is 2. The largest absolute Gasteiger partial charge is 0.299 e. The third kappa shape index (κ3) is 1.92. The van der Waals surface area contributed by atoms with Crippen molar-refractivity contribution >= 4 is 5.78 Å². The number of carbonyl (C=O) groups is 1. The zero-order chi connectivity index (χ0) is 8.32. The lowest BCUT2D eigenvalue weighted by Gasteiger charge is -2.02. The van der Waals surface area contributed by atoms with E-state index in [1.165, 1.54) is 6.42 Å². The Bertz CT molecular complexity index is 175. The molecule has 11 heavy (non-hydrogen) atoms. The zero-order valence-electron chi connectivity index (χ0n) is 7.39. The fourth-order valence-corrected chi connectivity index (χ4v) is 1.25. The minimum atomic E-state index is -0.0187. The lowest BCUT2D eigenvalue weighted by atomic mass is 10.0. The molecule has 1 aliphatic carbocycles. The van der Waals surface area contributed by atoms with Crippen LogP contribution in [0.1, 0.15) is 39.5 Å². The van der Waals surface area contributed by atoms with E-state index in [-0.39, 0.29) is 5.41 Å². The maximum atomic E-state index is 11.1. The lowest BCUT2D eigenvalue weighted by molar-refractivity contribution is -0.120. The molecule has 0 saturated heterocycles. The van der Waals surface area contributed by atoms with E-state index in [0.29, 0.717) is 5.78 Å². The predicted molar refractivity (Wildman–Crippen MR) is 46.4 cm³/mol. The van der Waals surface area contributed by atoms with Crippen LogP contribution in [0.4, 0.5) is 0 Å². The zero-order valence-corrected chi connectivity index (χ0v) is 7.39. The molecule has 0 aromatic carbocycles. The highest BCUT2D eigenvalue weighted by molar-refractivity contribution is 5.87. The quantitative estimate of drug-likeness (QED) is 0.566. The monoisotopic (exact) mass is 152 g/mol. The third-order valence-corrected chi connectivity index (χ3v) is 2.38. The second kappa shape index (κ2) is 3.21. The molecule has 0 bridgehead atoms. The first-order valence-electron chi connectivity index (χ1n) is 4.40. The number of hydrogen-bond donors (Lipinski definition) is 0. The van der Waals surface area contributed by atoms with Gasteiger partial charge in [0, 0.05) is 5.41 Å². The van der Waals surface area contributed by atoms with Crippen LogP contribution in [0.5, 0.6) is 0 Å². The molecule has 0 heterocycles. The molecule has 1 aliphatic rings. The Labute approximate surface area is 68.5 Å². The van der Waals surface area contributed by atoms with Gasteiger partial charge in [-0.2, -0.15) is 0 Å². The molecule has 0 aromatic rings. The molecule has 1 heteroatoms. The Morgan fingerprint density at radius 3 is 2.55 bits per heavy atom. The molecule has 0 aromatic heterocycles. The SMILES string of the molecule is CCC/C=C/C1(C(C)=O)CC1. The smallest absolute Gasteiger partial charge is 0.139 e. The maximum absolute atomic E-state index is 11.1. The van der Waals surface area contributed by atoms with Crippen molar-refractivity contribution in [2.24, 2.45) is 5.41 Å². The summed E-state index contributed by atoms with van der Waals surface area (Å²) in [5.41, 5.74) is -0.0187. The van der Waals surface area contributed by atoms with Gasteiger partial charge in [0.1, 0.15) is 5.78 Å². The molecule has 0 radical (unpaired) electrons. The molecule has 0 aliphatic heterocycles. The van der Waals surface area contributed by atoms with Gasteiger partial charge in [0.15, 0.2) is 0 Å². The van der Waals surface area contributed by atoms with E-state index in [2.05, 4.69) is 19.1 Å². The average Bonchev–Trinajstić information content (AvgIpc) is 2.70. The van der Waals surface area contributed by atoms with Gasteiger partial charge < -0.3 is 0 Å². The highest BCUT2D eigenvalue weighted by atomic mass is 16.1. The van der Waals surface area contributed by atoms with E-state index in [9.17, 15) is 4.79 Å². The highest BCUT2D eigenvalue weighted by Gasteiger charge is 2.44. The van der Waals surface area contributed by atoms with E-state index in [1.807, 2.05) is 0 Å². The Hall–Kier alpha value is -0.590. The topological polar surface area (TPSA) is 17.1 Å². The summed E-state index contributed by atoms with van der Waals surface area (Å²) in [6.45, 7) is 3.85. The second-order valence-electron chi connectivity index (χ2n) is 3.40. The Morgan fingerprint density at radius 1 is 1.55 bits per heavy atom. The fraction of sp³-hybridized carbons (Fsp3) is 0.700. The summed E-state index contributed by atoms with van der Waals surface area (Å²) < 4.78 is 0. The van der Waals surface area contributed by atoms with Crippen LogP contribution < -0.4 is 0 Å². The standard InChI is InChI=1S/C10H16O/c1-3-4-5-6-10(7-8-10)9(2)11/h5-6H,3-4,7-8H2,1-2H3/b6-5+. The van der Waals surface area contributed by atoms with Crippen LogP contribution in [0.25, 0.3) is 0 Å². The summed E-state index contributed by atoms with van der Waals surface area (Å²) in [7, 11) is 0. The first kappa shape index (κ1) is 8.51. The van der Waals surface area contributed by atoms with Crippen molar-refractivity contribution in [3.8, 4) is 0 Å². The number of Topliss-reactive ketones (excluding diaryl/α,β-unsaturated/α-hetero) is 1. The number of rotatable bonds is 4. The predicted octanol–water partition coefficient (Wildman–Crippen LogP) is 2.71. The van der Waals surface area contributed by atoms with E-state index >= 15 is 0 Å². The van der Waals surface area contributed by atoms with Crippen LogP contribution in [0, 0.1) is 5.41 Å². The van der Waals surface area contributed by atoms with Gasteiger partial charge >= 0.3 is 0 Å². The van der Waals surface area contributed by atoms with Gasteiger partial charge in [0.2, 0.25) is 0 Å². The van der Waals surface area contributed by atoms with Gasteiger partial charge in [-0.3, -0.25) is 4.79 Å². The Kier molecular flexibility index (Phi) is 2.48. The minimum Gasteiger partial charge on any atom is -0.299 e. The first-order chi connectivity index (χ1) is 5.21. The van der Waals surface area contributed by atoms with Crippen molar-refractivity contribution in [3.63, 3.8) is 0 Å². The molecule has 1 rings (SSSR count). The van der Waals surface area contributed by atoms with Crippen molar-refractivity contribution < 1.29 is 4.79 Å². The van der Waals surface area contributed by atoms with Crippen LogP contribution in [0.2, 0.25) is 0 Å². The van der Waals surface area contributed by atoms with Gasteiger partial charge in [-0.15, -0.1) is 0 Å². The number of hydrogen-bond acceptors (Lipinski definition) is 1. The van der Waals surface area contributed by atoms with E-state index in [1.54, 1.807) is 6.92 Å². The van der Waals surface area contributed by atoms with Gasteiger partial charge in [0.25, 0.3) is 0 Å². The summed E-state index contributed by atoms with van der Waals surface area (Å²) >= 11 is 0. The minimum absolute atomic E-state index is 0.0187. The van der Waals surface area contributed by atoms with Gasteiger partial charge in [-0.05, 0) is 26.2 Å². The molecule has 0 N–H and O–H groups in total. The van der Waals surface area contributed by atoms with Crippen LogP contribution in [-0.4, -0.2) is 5.78 Å². The normalized spacial score (nSPS) is 20.5. The molecule has 0 atom stereocenters. The van der Waals surface area contributed by atoms with Gasteiger partial charge in [-0.1, -0.05) is 25.5 Å². The summed E-state index contributed by atoms with van der Waals surface area (Å²) in [4.78, 5) is 11.1. The lowest BCUT2D eigenvalue weighted by Crippen LogP contribution is -2.07. The van der Waals surface area contributed by atoms with Gasteiger partial charge in [0.05, 0.1) is 0 Å². The van der Waals surface area contributed by atoms with E-state index in [4.69, 9.17) is 0 Å². The summed E-state index contributed by atoms with van der Waals surface area (Å²) in [6.07, 6.45) is 8.68. The molecule has 0 unspecified atom stereocenters. The van der Waals surface area contributed by atoms with Crippen molar-refractivity contribution in [1.82, 2.24) is 0 Å².